The van der Waals surface area contributed by atoms with Crippen LogP contribution < -0.4 is 11.1 Å². The predicted octanol–water partition coefficient (Wildman–Crippen LogP) is 3.34. The lowest BCUT2D eigenvalue weighted by molar-refractivity contribution is 0.596. The molecule has 8 nitrogen and oxygen atoms in total. The van der Waals surface area contributed by atoms with Crippen molar-refractivity contribution in [2.75, 3.05) is 0 Å². The zero-order valence-corrected chi connectivity index (χ0v) is 18.8. The highest BCUT2D eigenvalue weighted by Crippen LogP contribution is 2.19. The largest absolute Gasteiger partial charge is 0.306 e. The van der Waals surface area contributed by atoms with Crippen LogP contribution in [0.4, 0.5) is 4.39 Å². The third-order valence-corrected chi connectivity index (χ3v) is 5.81. The van der Waals surface area contributed by atoms with Crippen molar-refractivity contribution in [3.63, 3.8) is 0 Å². The van der Waals surface area contributed by atoms with E-state index in [1.54, 1.807) is 48.0 Å². The van der Waals surface area contributed by atoms with Gasteiger partial charge in [-0.05, 0) is 36.8 Å². The number of pyridine rings is 2. The van der Waals surface area contributed by atoms with Gasteiger partial charge in [-0.1, -0.05) is 29.8 Å². The molecule has 0 bridgehead atoms. The molecule has 0 aliphatic heterocycles. The maximum absolute atomic E-state index is 13.7. The molecule has 0 saturated carbocycles. The van der Waals surface area contributed by atoms with Crippen LogP contribution in [0.1, 0.15) is 17.0 Å². The fraction of sp³-hybridized carbons (Fsp3) is 0.125. The first kappa shape index (κ1) is 21.7. The average molecular weight is 477 g/mol. The summed E-state index contributed by atoms with van der Waals surface area (Å²) in [5.74, 6) is -0.00382. The third kappa shape index (κ3) is 3.90. The second kappa shape index (κ2) is 8.68. The van der Waals surface area contributed by atoms with E-state index in [9.17, 15) is 14.0 Å². The molecule has 5 aromatic rings. The maximum atomic E-state index is 13.7. The first-order valence-electron chi connectivity index (χ1n) is 10.4. The van der Waals surface area contributed by atoms with E-state index in [4.69, 9.17) is 11.6 Å². The van der Waals surface area contributed by atoms with Crippen molar-refractivity contribution in [1.29, 1.82) is 0 Å². The fourth-order valence-corrected chi connectivity index (χ4v) is 4.18. The summed E-state index contributed by atoms with van der Waals surface area (Å²) in [6.07, 6.45) is 2.88. The molecule has 0 aliphatic carbocycles. The van der Waals surface area contributed by atoms with E-state index in [1.807, 2.05) is 0 Å². The summed E-state index contributed by atoms with van der Waals surface area (Å²) in [4.78, 5) is 39.2. The molecular weight excluding hydrogens is 459 g/mol. The van der Waals surface area contributed by atoms with Crippen LogP contribution in [0.15, 0.2) is 76.7 Å². The summed E-state index contributed by atoms with van der Waals surface area (Å²) in [7, 11) is 0. The number of benzene rings is 1. The van der Waals surface area contributed by atoms with Crippen LogP contribution in [0, 0.1) is 12.7 Å². The maximum Gasteiger partial charge on any atom is 0.282 e. The van der Waals surface area contributed by atoms with Crippen molar-refractivity contribution in [2.24, 2.45) is 0 Å². The van der Waals surface area contributed by atoms with Crippen molar-refractivity contribution < 1.29 is 4.39 Å². The van der Waals surface area contributed by atoms with Crippen LogP contribution in [0.25, 0.3) is 16.7 Å². The van der Waals surface area contributed by atoms with Crippen LogP contribution in [0.2, 0.25) is 5.15 Å². The Balaban J connectivity index is 1.75. The van der Waals surface area contributed by atoms with Crippen LogP contribution in [0.5, 0.6) is 0 Å². The van der Waals surface area contributed by atoms with Gasteiger partial charge in [-0.15, -0.1) is 0 Å². The minimum atomic E-state index is -0.359. The molecule has 0 spiro atoms. The number of fused-ring (bicyclic) bond motifs is 1. The molecule has 34 heavy (non-hydrogen) atoms. The molecule has 0 saturated heterocycles. The molecule has 4 heterocycles. The zero-order valence-electron chi connectivity index (χ0n) is 18.0. The molecule has 1 aromatic carbocycles. The lowest BCUT2D eigenvalue weighted by Gasteiger charge is -2.13. The van der Waals surface area contributed by atoms with Gasteiger partial charge in [-0.3, -0.25) is 14.3 Å². The van der Waals surface area contributed by atoms with Gasteiger partial charge in [0.25, 0.3) is 11.1 Å². The molecule has 0 fully saturated rings. The Morgan fingerprint density at radius 1 is 1.03 bits per heavy atom. The van der Waals surface area contributed by atoms with Crippen LogP contribution in [-0.4, -0.2) is 28.9 Å². The van der Waals surface area contributed by atoms with Gasteiger partial charge in [0, 0.05) is 24.0 Å². The van der Waals surface area contributed by atoms with Crippen LogP contribution in [0.3, 0.4) is 0 Å². The van der Waals surface area contributed by atoms with E-state index < -0.39 is 0 Å². The molecule has 0 radical (unpaired) electrons. The van der Waals surface area contributed by atoms with E-state index in [2.05, 4.69) is 15.0 Å². The lowest BCUT2D eigenvalue weighted by atomic mass is 10.2. The van der Waals surface area contributed by atoms with Crippen molar-refractivity contribution in [1.82, 2.24) is 28.9 Å². The highest BCUT2D eigenvalue weighted by atomic mass is 35.5. The van der Waals surface area contributed by atoms with E-state index >= 15 is 0 Å². The topological polar surface area (TPSA) is 87.6 Å². The SMILES string of the molecule is Cc1c2c(=O)n(-c3ccncn3)n(Cc3ccc(F)cc3)c2cc(=O)n1Cc1cccc(Cl)n1. The number of rotatable bonds is 5. The van der Waals surface area contributed by atoms with Gasteiger partial charge in [0.1, 0.15) is 17.3 Å². The number of aryl methyl sites for hydroxylation is 1. The molecular formula is C24H18ClFN6O2. The van der Waals surface area contributed by atoms with Gasteiger partial charge < -0.3 is 4.57 Å². The summed E-state index contributed by atoms with van der Waals surface area (Å²) in [5, 5.41) is 0.697. The summed E-state index contributed by atoms with van der Waals surface area (Å²) >= 11 is 6.00. The highest BCUT2D eigenvalue weighted by Gasteiger charge is 2.21. The molecule has 5 rings (SSSR count). The minimum Gasteiger partial charge on any atom is -0.306 e. The molecule has 10 heteroatoms. The Morgan fingerprint density at radius 3 is 2.53 bits per heavy atom. The predicted molar refractivity (Wildman–Crippen MR) is 126 cm³/mol. The number of aromatic nitrogens is 6. The standard InChI is InChI=1S/C24H18ClFN6O2/c1-15-23-19(11-22(33)30(15)13-18-3-2-4-20(25)29-18)31(12-16-5-7-17(26)8-6-16)32(24(23)34)21-9-10-27-14-28-21/h2-11,14H,12-13H2,1H3. The Hall–Kier alpha value is -4.11. The second-order valence-corrected chi connectivity index (χ2v) is 8.12. The van der Waals surface area contributed by atoms with Crippen molar-refractivity contribution in [2.45, 2.75) is 20.0 Å². The number of nitrogens with zero attached hydrogens (tertiary/aromatic N) is 6. The van der Waals surface area contributed by atoms with Crippen molar-refractivity contribution in [3.8, 4) is 5.82 Å². The number of hydrogen-bond donors (Lipinski definition) is 0. The van der Waals surface area contributed by atoms with E-state index in [0.29, 0.717) is 33.3 Å². The molecule has 0 N–H and O–H groups in total. The van der Waals surface area contributed by atoms with E-state index in [-0.39, 0.29) is 30.0 Å². The summed E-state index contributed by atoms with van der Waals surface area (Å²) in [6, 6.07) is 14.2. The Kier molecular flexibility index (Phi) is 5.54. The Morgan fingerprint density at radius 2 is 1.82 bits per heavy atom. The second-order valence-electron chi connectivity index (χ2n) is 7.73. The molecule has 4 aromatic heterocycles. The van der Waals surface area contributed by atoms with Gasteiger partial charge in [-0.2, -0.15) is 4.68 Å². The first-order chi connectivity index (χ1) is 16.4. The normalized spacial score (nSPS) is 11.3. The smallest absolute Gasteiger partial charge is 0.282 e. The van der Waals surface area contributed by atoms with E-state index in [0.717, 1.165) is 5.56 Å². The lowest BCUT2D eigenvalue weighted by Crippen LogP contribution is -2.24. The van der Waals surface area contributed by atoms with Crippen LogP contribution in [-0.2, 0) is 13.1 Å². The summed E-state index contributed by atoms with van der Waals surface area (Å²) in [6.45, 7) is 2.11. The molecule has 0 unspecified atom stereocenters. The minimum absolute atomic E-state index is 0.164. The summed E-state index contributed by atoms with van der Waals surface area (Å²) in [5.41, 5.74) is 1.67. The van der Waals surface area contributed by atoms with Crippen LogP contribution >= 0.6 is 11.6 Å². The third-order valence-electron chi connectivity index (χ3n) is 5.60. The number of hydrogen-bond acceptors (Lipinski definition) is 5. The van der Waals surface area contributed by atoms with Gasteiger partial charge in [0.15, 0.2) is 5.82 Å². The average Bonchev–Trinajstić information content (AvgIpc) is 3.09. The highest BCUT2D eigenvalue weighted by molar-refractivity contribution is 6.29. The molecule has 0 aliphatic rings. The molecule has 0 amide bonds. The molecule has 0 atom stereocenters. The Bertz CT molecular complexity index is 1620. The van der Waals surface area contributed by atoms with Gasteiger partial charge in [0.05, 0.1) is 29.7 Å². The van der Waals surface area contributed by atoms with E-state index in [1.165, 1.54) is 40.0 Å². The Labute approximate surface area is 197 Å². The monoisotopic (exact) mass is 476 g/mol. The molecule has 170 valence electrons. The quantitative estimate of drug-likeness (QED) is 0.363. The van der Waals surface area contributed by atoms with Gasteiger partial charge >= 0.3 is 0 Å². The fourth-order valence-electron chi connectivity index (χ4n) is 4.00. The van der Waals surface area contributed by atoms with Gasteiger partial charge in [0.2, 0.25) is 0 Å². The summed E-state index contributed by atoms with van der Waals surface area (Å²) < 4.78 is 18.0. The van der Waals surface area contributed by atoms with Crippen molar-refractivity contribution in [3.05, 3.63) is 116 Å². The first-order valence-corrected chi connectivity index (χ1v) is 10.8. The number of halogens is 2. The van der Waals surface area contributed by atoms with Crippen molar-refractivity contribution >= 4 is 22.5 Å². The zero-order chi connectivity index (χ0) is 23.8. The van der Waals surface area contributed by atoms with Gasteiger partial charge in [-0.25, -0.2) is 19.3 Å².